The molecule has 0 spiro atoms. The first-order valence-corrected chi connectivity index (χ1v) is 7.10. The minimum Gasteiger partial charge on any atom is -0.378 e. The van der Waals surface area contributed by atoms with Crippen molar-refractivity contribution in [2.45, 2.75) is 6.54 Å². The van der Waals surface area contributed by atoms with Crippen LogP contribution in [0.5, 0.6) is 0 Å². The molecule has 1 heterocycles. The highest BCUT2D eigenvalue weighted by Gasteiger charge is 2.10. The monoisotopic (exact) mass is 311 g/mol. The number of hydrogen-bond donors (Lipinski definition) is 1. The first-order valence-electron chi connectivity index (χ1n) is 5.91. The second kappa shape index (κ2) is 6.11. The molecule has 7 heteroatoms. The predicted octanol–water partition coefficient (Wildman–Crippen LogP) is 3.99. The Kier molecular flexibility index (Phi) is 4.46. The van der Waals surface area contributed by atoms with Crippen molar-refractivity contribution in [1.29, 1.82) is 0 Å². The lowest BCUT2D eigenvalue weighted by Gasteiger charge is -2.18. The van der Waals surface area contributed by atoms with E-state index in [0.29, 0.717) is 11.6 Å². The maximum Gasteiger partial charge on any atom is 0.324 e. The lowest BCUT2D eigenvalue weighted by molar-refractivity contribution is -0.380. The number of nitrogens with zero attached hydrogens (tertiary/aromatic N) is 2. The molecule has 0 aliphatic rings. The van der Waals surface area contributed by atoms with Crippen molar-refractivity contribution in [2.24, 2.45) is 0 Å². The van der Waals surface area contributed by atoms with Gasteiger partial charge in [0.15, 0.2) is 0 Å². The van der Waals surface area contributed by atoms with E-state index >= 15 is 0 Å². The van der Waals surface area contributed by atoms with E-state index in [4.69, 9.17) is 11.6 Å². The molecule has 0 fully saturated rings. The van der Waals surface area contributed by atoms with Crippen LogP contribution in [0.4, 0.5) is 16.4 Å². The highest BCUT2D eigenvalue weighted by Crippen LogP contribution is 2.30. The molecule has 0 atom stereocenters. The first-order chi connectivity index (χ1) is 9.47. The Bertz CT molecular complexity index is 628. The molecule has 0 aliphatic carbocycles. The minimum absolute atomic E-state index is 0.153. The summed E-state index contributed by atoms with van der Waals surface area (Å²) in [5.41, 5.74) is 1.92. The third-order valence-electron chi connectivity index (χ3n) is 2.72. The summed E-state index contributed by atoms with van der Waals surface area (Å²) in [6.45, 7) is 0.527. The van der Waals surface area contributed by atoms with Gasteiger partial charge in [0.05, 0.1) is 16.3 Å². The molecule has 0 bridgehead atoms. The molecule has 0 saturated carbocycles. The van der Waals surface area contributed by atoms with Crippen LogP contribution in [0.25, 0.3) is 0 Å². The van der Waals surface area contributed by atoms with Crippen LogP contribution in [0.3, 0.4) is 0 Å². The summed E-state index contributed by atoms with van der Waals surface area (Å²) in [4.78, 5) is 13.2. The molecular formula is C13H14ClN3O2S. The van der Waals surface area contributed by atoms with E-state index in [-0.39, 0.29) is 9.92 Å². The Labute approximate surface area is 125 Å². The normalized spacial score (nSPS) is 10.3. The molecule has 20 heavy (non-hydrogen) atoms. The summed E-state index contributed by atoms with van der Waals surface area (Å²) in [7, 11) is 3.90. The van der Waals surface area contributed by atoms with E-state index in [1.54, 1.807) is 6.07 Å². The summed E-state index contributed by atoms with van der Waals surface area (Å²) in [6, 6.07) is 8.89. The molecule has 0 amide bonds. The predicted molar refractivity (Wildman–Crippen MR) is 84.1 cm³/mol. The smallest absolute Gasteiger partial charge is 0.324 e. The number of anilines is 2. The summed E-state index contributed by atoms with van der Waals surface area (Å²) in [6.07, 6.45) is 0. The molecule has 0 saturated heterocycles. The van der Waals surface area contributed by atoms with Crippen molar-refractivity contribution >= 4 is 39.3 Å². The van der Waals surface area contributed by atoms with Crippen LogP contribution in [-0.2, 0) is 6.54 Å². The average molecular weight is 312 g/mol. The molecule has 1 aromatic carbocycles. The van der Waals surface area contributed by atoms with Crippen molar-refractivity contribution < 1.29 is 4.92 Å². The quantitative estimate of drug-likeness (QED) is 0.670. The van der Waals surface area contributed by atoms with E-state index in [9.17, 15) is 10.1 Å². The Hall–Kier alpha value is -1.79. The summed E-state index contributed by atoms with van der Waals surface area (Å²) in [5.74, 6) is 0. The molecule has 106 valence electrons. The number of hydrogen-bond acceptors (Lipinski definition) is 5. The fraction of sp³-hybridized carbons (Fsp3) is 0.231. The van der Waals surface area contributed by atoms with Gasteiger partial charge in [0, 0.05) is 36.6 Å². The number of nitro groups is 1. The van der Waals surface area contributed by atoms with Gasteiger partial charge < -0.3 is 10.2 Å². The maximum absolute atomic E-state index is 10.6. The standard InChI is InChI=1S/C13H14ClN3O2S/c1-16(2)12-5-3-9(14)7-11(12)15-8-10-4-6-13(20-10)17(18)19/h3-7,15H,8H2,1-2H3. The van der Waals surface area contributed by atoms with Crippen molar-refractivity contribution in [1.82, 2.24) is 0 Å². The molecule has 2 rings (SSSR count). The number of halogens is 1. The van der Waals surface area contributed by atoms with Gasteiger partial charge in [-0.25, -0.2) is 0 Å². The maximum atomic E-state index is 10.6. The van der Waals surface area contributed by atoms with E-state index < -0.39 is 0 Å². The van der Waals surface area contributed by atoms with Gasteiger partial charge in [-0.05, 0) is 24.3 Å². The van der Waals surface area contributed by atoms with E-state index in [1.807, 2.05) is 37.2 Å². The van der Waals surface area contributed by atoms with Crippen molar-refractivity contribution in [3.8, 4) is 0 Å². The Morgan fingerprint density at radius 3 is 2.70 bits per heavy atom. The van der Waals surface area contributed by atoms with Crippen molar-refractivity contribution in [3.05, 3.63) is 50.3 Å². The Balaban J connectivity index is 2.13. The van der Waals surface area contributed by atoms with Crippen LogP contribution >= 0.6 is 22.9 Å². The van der Waals surface area contributed by atoms with Gasteiger partial charge in [-0.2, -0.15) is 0 Å². The van der Waals surface area contributed by atoms with Gasteiger partial charge in [-0.15, -0.1) is 0 Å². The van der Waals surface area contributed by atoms with Crippen LogP contribution < -0.4 is 10.2 Å². The third kappa shape index (κ3) is 3.40. The van der Waals surface area contributed by atoms with Gasteiger partial charge >= 0.3 is 5.00 Å². The molecule has 0 unspecified atom stereocenters. The van der Waals surface area contributed by atoms with Crippen LogP contribution in [-0.4, -0.2) is 19.0 Å². The van der Waals surface area contributed by atoms with Gasteiger partial charge in [-0.1, -0.05) is 22.9 Å². The molecule has 1 N–H and O–H groups in total. The highest BCUT2D eigenvalue weighted by molar-refractivity contribution is 7.15. The Morgan fingerprint density at radius 2 is 2.10 bits per heavy atom. The lowest BCUT2D eigenvalue weighted by atomic mass is 10.2. The van der Waals surface area contributed by atoms with Crippen molar-refractivity contribution in [3.63, 3.8) is 0 Å². The van der Waals surface area contributed by atoms with Crippen LogP contribution in [0.1, 0.15) is 4.88 Å². The highest BCUT2D eigenvalue weighted by atomic mass is 35.5. The molecular weight excluding hydrogens is 298 g/mol. The summed E-state index contributed by atoms with van der Waals surface area (Å²) >= 11 is 7.17. The van der Waals surface area contributed by atoms with E-state index in [1.165, 1.54) is 17.4 Å². The first kappa shape index (κ1) is 14.6. The van der Waals surface area contributed by atoms with E-state index in [2.05, 4.69) is 5.32 Å². The summed E-state index contributed by atoms with van der Waals surface area (Å²) < 4.78 is 0. The minimum atomic E-state index is -0.376. The fourth-order valence-corrected chi connectivity index (χ4v) is 2.71. The molecule has 0 radical (unpaired) electrons. The van der Waals surface area contributed by atoms with Gasteiger partial charge in [-0.3, -0.25) is 10.1 Å². The van der Waals surface area contributed by atoms with Gasteiger partial charge in [0.1, 0.15) is 0 Å². The van der Waals surface area contributed by atoms with Gasteiger partial charge in [0.2, 0.25) is 0 Å². The SMILES string of the molecule is CN(C)c1ccc(Cl)cc1NCc1ccc([N+](=O)[O-])s1. The van der Waals surface area contributed by atoms with Gasteiger partial charge in [0.25, 0.3) is 0 Å². The molecule has 2 aromatic rings. The average Bonchev–Trinajstić information content (AvgIpc) is 2.85. The molecule has 0 aliphatic heterocycles. The fourth-order valence-electron chi connectivity index (χ4n) is 1.78. The second-order valence-corrected chi connectivity index (χ2v) is 5.99. The van der Waals surface area contributed by atoms with Crippen LogP contribution in [0, 0.1) is 10.1 Å². The van der Waals surface area contributed by atoms with Crippen LogP contribution in [0.2, 0.25) is 5.02 Å². The topological polar surface area (TPSA) is 58.4 Å². The zero-order chi connectivity index (χ0) is 14.7. The zero-order valence-electron chi connectivity index (χ0n) is 11.1. The van der Waals surface area contributed by atoms with E-state index in [0.717, 1.165) is 16.3 Å². The molecule has 5 nitrogen and oxygen atoms in total. The number of rotatable bonds is 5. The lowest BCUT2D eigenvalue weighted by Crippen LogP contribution is -2.11. The summed E-state index contributed by atoms with van der Waals surface area (Å²) in [5, 5.41) is 14.7. The largest absolute Gasteiger partial charge is 0.378 e. The number of thiophene rings is 1. The Morgan fingerprint density at radius 1 is 1.35 bits per heavy atom. The third-order valence-corrected chi connectivity index (χ3v) is 3.99. The number of nitrogens with one attached hydrogen (secondary N) is 1. The second-order valence-electron chi connectivity index (χ2n) is 4.41. The van der Waals surface area contributed by atoms with Crippen LogP contribution in [0.15, 0.2) is 30.3 Å². The molecule has 1 aromatic heterocycles. The zero-order valence-corrected chi connectivity index (χ0v) is 12.7. The van der Waals surface area contributed by atoms with Crippen molar-refractivity contribution in [2.75, 3.05) is 24.3 Å². The number of benzene rings is 1.